The van der Waals surface area contributed by atoms with Crippen LogP contribution in [0.25, 0.3) is 21.9 Å². The minimum Gasteiger partial charge on any atom is -0.389 e. The maximum Gasteiger partial charge on any atom is 0.264 e. The van der Waals surface area contributed by atoms with Crippen LogP contribution < -0.4 is 10.6 Å². The van der Waals surface area contributed by atoms with Gasteiger partial charge in [-0.15, -0.1) is 0 Å². The molecular weight excluding hydrogens is 474 g/mol. The Morgan fingerprint density at radius 3 is 2.69 bits per heavy atom. The molecule has 1 amide bonds. The molecule has 3 N–H and O–H groups in total. The Labute approximate surface area is 204 Å². The lowest BCUT2D eigenvalue weighted by Crippen LogP contribution is -2.36. The number of aromatic nitrogens is 3. The quantitative estimate of drug-likeness (QED) is 0.416. The summed E-state index contributed by atoms with van der Waals surface area (Å²) in [5, 5.41) is 11.3. The van der Waals surface area contributed by atoms with Gasteiger partial charge < -0.3 is 25.0 Å². The zero-order valence-electron chi connectivity index (χ0n) is 20.3. The summed E-state index contributed by atoms with van der Waals surface area (Å²) in [6.07, 6.45) is 1.77. The monoisotopic (exact) mass is 505 g/mol. The minimum absolute atomic E-state index is 0.115. The largest absolute Gasteiger partial charge is 0.389 e. The summed E-state index contributed by atoms with van der Waals surface area (Å²) in [5.74, 6) is 0.731. The number of nitrogens with two attached hydrogens (primary N) is 1. The molecule has 0 unspecified atom stereocenters. The van der Waals surface area contributed by atoms with E-state index < -0.39 is 21.8 Å². The van der Waals surface area contributed by atoms with Crippen LogP contribution >= 0.6 is 0 Å². The van der Waals surface area contributed by atoms with Crippen molar-refractivity contribution >= 4 is 49.5 Å². The second-order valence-electron chi connectivity index (χ2n) is 9.40. The normalized spacial score (nSPS) is 17.2. The van der Waals surface area contributed by atoms with Gasteiger partial charge in [-0.05, 0) is 45.4 Å². The van der Waals surface area contributed by atoms with E-state index in [0.29, 0.717) is 42.0 Å². The summed E-state index contributed by atoms with van der Waals surface area (Å²) >= 11 is 0. The number of pyridine rings is 1. The van der Waals surface area contributed by atoms with Crippen LogP contribution in [-0.4, -0.2) is 65.1 Å². The number of fused-ring (bicyclic) bond motifs is 3. The number of hydrogen-bond donors (Lipinski definition) is 2. The SMILES string of the molecule is CCOCc1nc2c(N)nc3cc(N4C(=O)CC[C@@H]4COS(C)(=O)=O)ccc3c2n1CC(C)(C)O. The van der Waals surface area contributed by atoms with Gasteiger partial charge in [0.25, 0.3) is 10.1 Å². The molecule has 1 aromatic carbocycles. The van der Waals surface area contributed by atoms with Gasteiger partial charge in [0.15, 0.2) is 5.82 Å². The highest BCUT2D eigenvalue weighted by Gasteiger charge is 2.33. The second kappa shape index (κ2) is 9.34. The lowest BCUT2D eigenvalue weighted by Gasteiger charge is -2.25. The first kappa shape index (κ1) is 25.3. The van der Waals surface area contributed by atoms with Gasteiger partial charge in [0, 0.05) is 24.1 Å². The fourth-order valence-corrected chi connectivity index (χ4v) is 4.82. The van der Waals surface area contributed by atoms with Gasteiger partial charge in [-0.3, -0.25) is 8.98 Å². The fraction of sp³-hybridized carbons (Fsp3) is 0.522. The minimum atomic E-state index is -3.63. The first-order chi connectivity index (χ1) is 16.4. The molecule has 0 bridgehead atoms. The zero-order valence-corrected chi connectivity index (χ0v) is 21.1. The number of ether oxygens (including phenoxy) is 1. The van der Waals surface area contributed by atoms with Crippen molar-refractivity contribution in [2.75, 3.05) is 30.1 Å². The van der Waals surface area contributed by atoms with E-state index in [9.17, 15) is 18.3 Å². The fourth-order valence-electron chi connectivity index (χ4n) is 4.42. The number of aliphatic hydroxyl groups is 1. The zero-order chi connectivity index (χ0) is 25.5. The molecule has 35 heavy (non-hydrogen) atoms. The van der Waals surface area contributed by atoms with Crippen molar-refractivity contribution in [2.24, 2.45) is 0 Å². The van der Waals surface area contributed by atoms with Crippen LogP contribution in [0.3, 0.4) is 0 Å². The van der Waals surface area contributed by atoms with E-state index in [1.54, 1.807) is 30.9 Å². The molecule has 3 heterocycles. The summed E-state index contributed by atoms with van der Waals surface area (Å²) in [7, 11) is -3.63. The number of nitrogen functional groups attached to an aromatic ring is 1. The maximum atomic E-state index is 12.7. The summed E-state index contributed by atoms with van der Waals surface area (Å²) in [6, 6.07) is 4.98. The smallest absolute Gasteiger partial charge is 0.264 e. The molecule has 1 fully saturated rings. The van der Waals surface area contributed by atoms with Crippen molar-refractivity contribution in [3.8, 4) is 0 Å². The number of carbonyl (C=O) groups is 1. The topological polar surface area (TPSA) is 150 Å². The van der Waals surface area contributed by atoms with Gasteiger partial charge in [0.05, 0.1) is 42.1 Å². The van der Waals surface area contributed by atoms with Crippen LogP contribution in [-0.2, 0) is 37.0 Å². The van der Waals surface area contributed by atoms with Gasteiger partial charge in [0.2, 0.25) is 5.91 Å². The molecule has 3 aromatic rings. The molecule has 0 spiro atoms. The number of imidazole rings is 1. The van der Waals surface area contributed by atoms with Crippen LogP contribution in [0, 0.1) is 0 Å². The lowest BCUT2D eigenvalue weighted by molar-refractivity contribution is -0.117. The number of amides is 1. The summed E-state index contributed by atoms with van der Waals surface area (Å²) in [6.45, 7) is 6.24. The molecule has 0 saturated carbocycles. The Kier molecular flexibility index (Phi) is 6.75. The number of carbonyl (C=O) groups excluding carboxylic acids is 1. The Morgan fingerprint density at radius 2 is 2.03 bits per heavy atom. The van der Waals surface area contributed by atoms with Gasteiger partial charge in [-0.25, -0.2) is 9.97 Å². The molecule has 4 rings (SSSR count). The Balaban J connectivity index is 1.82. The first-order valence-electron chi connectivity index (χ1n) is 11.4. The van der Waals surface area contributed by atoms with Gasteiger partial charge in [-0.1, -0.05) is 0 Å². The predicted octanol–water partition coefficient (Wildman–Crippen LogP) is 1.95. The van der Waals surface area contributed by atoms with E-state index in [1.807, 2.05) is 17.6 Å². The van der Waals surface area contributed by atoms with Gasteiger partial charge in [-0.2, -0.15) is 8.42 Å². The molecule has 190 valence electrons. The molecule has 1 saturated heterocycles. The second-order valence-corrected chi connectivity index (χ2v) is 11.0. The molecule has 1 aliphatic heterocycles. The molecule has 1 atom stereocenters. The van der Waals surface area contributed by atoms with E-state index >= 15 is 0 Å². The maximum absolute atomic E-state index is 12.7. The number of hydrogen-bond acceptors (Lipinski definition) is 9. The molecular formula is C23H31N5O6S. The van der Waals surface area contributed by atoms with E-state index in [4.69, 9.17) is 14.7 Å². The number of anilines is 2. The Hall–Kier alpha value is -2.80. The third-order valence-electron chi connectivity index (χ3n) is 5.82. The average Bonchev–Trinajstić information content (AvgIpc) is 3.29. The number of rotatable bonds is 9. The first-order valence-corrected chi connectivity index (χ1v) is 13.2. The highest BCUT2D eigenvalue weighted by Crippen LogP contribution is 2.34. The van der Waals surface area contributed by atoms with Crippen molar-refractivity contribution in [1.82, 2.24) is 14.5 Å². The average molecular weight is 506 g/mol. The Morgan fingerprint density at radius 1 is 1.29 bits per heavy atom. The molecule has 12 heteroatoms. The molecule has 0 aliphatic carbocycles. The number of nitrogens with zero attached hydrogens (tertiary/aromatic N) is 4. The van der Waals surface area contributed by atoms with Crippen molar-refractivity contribution in [1.29, 1.82) is 0 Å². The van der Waals surface area contributed by atoms with Crippen LogP contribution in [0.1, 0.15) is 39.4 Å². The predicted molar refractivity (Wildman–Crippen MR) is 132 cm³/mol. The van der Waals surface area contributed by atoms with Crippen LogP contribution in [0.2, 0.25) is 0 Å². The summed E-state index contributed by atoms with van der Waals surface area (Å²) in [4.78, 5) is 23.4. The number of benzene rings is 1. The lowest BCUT2D eigenvalue weighted by atomic mass is 10.1. The van der Waals surface area contributed by atoms with E-state index in [-0.39, 0.29) is 31.5 Å². The highest BCUT2D eigenvalue weighted by atomic mass is 32.2. The third kappa shape index (κ3) is 5.40. The molecule has 11 nitrogen and oxygen atoms in total. The third-order valence-corrected chi connectivity index (χ3v) is 6.39. The van der Waals surface area contributed by atoms with Crippen molar-refractivity contribution in [3.05, 3.63) is 24.0 Å². The Bertz CT molecular complexity index is 1380. The van der Waals surface area contributed by atoms with Crippen LogP contribution in [0.15, 0.2) is 18.2 Å². The van der Waals surface area contributed by atoms with E-state index in [1.165, 1.54) is 0 Å². The molecule has 0 radical (unpaired) electrons. The highest BCUT2D eigenvalue weighted by molar-refractivity contribution is 7.85. The summed E-state index contributed by atoms with van der Waals surface area (Å²) < 4.78 is 35.4. The van der Waals surface area contributed by atoms with Crippen molar-refractivity contribution < 1.29 is 27.2 Å². The van der Waals surface area contributed by atoms with Crippen LogP contribution in [0.5, 0.6) is 0 Å². The van der Waals surface area contributed by atoms with Crippen molar-refractivity contribution in [3.63, 3.8) is 0 Å². The van der Waals surface area contributed by atoms with E-state index in [2.05, 4.69) is 9.97 Å². The van der Waals surface area contributed by atoms with E-state index in [0.717, 1.165) is 17.2 Å². The van der Waals surface area contributed by atoms with Gasteiger partial charge in [0.1, 0.15) is 17.9 Å². The molecule has 1 aliphatic rings. The van der Waals surface area contributed by atoms with Gasteiger partial charge >= 0.3 is 0 Å². The standard InChI is InChI=1S/C23H31N5O6S/c1-5-33-12-18-26-20-21(27(18)13-23(2,3)30)16-8-6-14(10-17(16)25-22(20)24)28-15(7-9-19(28)29)11-34-35(4,31)32/h6,8,10,15,30H,5,7,9,11-13H2,1-4H3,(H2,24,25)/t15-/m1/s1. The summed E-state index contributed by atoms with van der Waals surface area (Å²) in [5.41, 5.74) is 7.64. The van der Waals surface area contributed by atoms with Crippen LogP contribution in [0.4, 0.5) is 11.5 Å². The van der Waals surface area contributed by atoms with Crippen molar-refractivity contribution in [2.45, 2.75) is 58.4 Å². The molecule has 2 aromatic heterocycles.